The summed E-state index contributed by atoms with van der Waals surface area (Å²) in [5.74, 6) is 0.333. The summed E-state index contributed by atoms with van der Waals surface area (Å²) >= 11 is 11.9. The number of rotatable bonds is 6. The summed E-state index contributed by atoms with van der Waals surface area (Å²) in [7, 11) is 3.31. The van der Waals surface area contributed by atoms with E-state index in [1.54, 1.807) is 56.6 Å². The summed E-state index contributed by atoms with van der Waals surface area (Å²) in [4.78, 5) is 25.0. The van der Waals surface area contributed by atoms with Crippen molar-refractivity contribution in [1.29, 1.82) is 0 Å². The zero-order chi connectivity index (χ0) is 19.1. The van der Waals surface area contributed by atoms with Crippen molar-refractivity contribution in [3.05, 3.63) is 58.1 Å². The Balaban J connectivity index is 1.88. The molecule has 2 aromatic carbocycles. The van der Waals surface area contributed by atoms with Gasteiger partial charge in [0.1, 0.15) is 5.75 Å². The molecule has 0 bridgehead atoms. The molecule has 0 saturated carbocycles. The Kier molecular flexibility index (Phi) is 7.12. The quantitative estimate of drug-likeness (QED) is 0.781. The fourth-order valence-corrected chi connectivity index (χ4v) is 2.43. The van der Waals surface area contributed by atoms with E-state index in [0.717, 1.165) is 5.56 Å². The first-order valence-electron chi connectivity index (χ1n) is 7.77. The average Bonchev–Trinajstić information content (AvgIpc) is 2.59. The van der Waals surface area contributed by atoms with Gasteiger partial charge >= 0.3 is 6.03 Å². The second kappa shape index (κ2) is 9.31. The second-order valence-corrected chi connectivity index (χ2v) is 6.49. The minimum absolute atomic E-state index is 0.0717. The molecule has 0 heterocycles. The molecule has 0 spiro atoms. The van der Waals surface area contributed by atoms with E-state index in [1.165, 1.54) is 4.90 Å². The highest BCUT2D eigenvalue weighted by Gasteiger charge is 2.07. The van der Waals surface area contributed by atoms with Crippen LogP contribution < -0.4 is 15.4 Å². The highest BCUT2D eigenvalue weighted by Crippen LogP contribution is 2.21. The van der Waals surface area contributed by atoms with Crippen LogP contribution in [0.4, 0.5) is 10.5 Å². The van der Waals surface area contributed by atoms with Gasteiger partial charge in [-0.15, -0.1) is 0 Å². The standard InChI is InChI=1S/C18H19Cl2N3O3/c1-23(2)17(24)11-26-15-5-3-4-14(9-15)22-18(25)21-10-12-6-7-13(19)8-16(12)20/h3-9H,10-11H2,1-2H3,(H2,21,22,25). The van der Waals surface area contributed by atoms with Gasteiger partial charge in [-0.3, -0.25) is 4.79 Å². The molecular formula is C18H19Cl2N3O3. The molecule has 8 heteroatoms. The van der Waals surface area contributed by atoms with Gasteiger partial charge in [0.25, 0.3) is 5.91 Å². The summed E-state index contributed by atoms with van der Waals surface area (Å²) in [6, 6.07) is 11.5. The number of nitrogens with zero attached hydrogens (tertiary/aromatic N) is 1. The van der Waals surface area contributed by atoms with Crippen molar-refractivity contribution < 1.29 is 14.3 Å². The Bertz CT molecular complexity index is 797. The molecule has 0 saturated heterocycles. The lowest BCUT2D eigenvalue weighted by atomic mass is 10.2. The minimum atomic E-state index is -0.391. The molecule has 2 rings (SSSR count). The Hall–Kier alpha value is -2.44. The Morgan fingerprint density at radius 2 is 1.88 bits per heavy atom. The molecule has 0 fully saturated rings. The van der Waals surface area contributed by atoms with E-state index < -0.39 is 6.03 Å². The number of carbonyl (C=O) groups excluding carboxylic acids is 2. The van der Waals surface area contributed by atoms with Crippen molar-refractivity contribution in [2.75, 3.05) is 26.0 Å². The monoisotopic (exact) mass is 395 g/mol. The molecule has 0 aromatic heterocycles. The maximum Gasteiger partial charge on any atom is 0.319 e. The van der Waals surface area contributed by atoms with Gasteiger partial charge in [-0.05, 0) is 29.8 Å². The van der Waals surface area contributed by atoms with Gasteiger partial charge in [-0.1, -0.05) is 35.3 Å². The van der Waals surface area contributed by atoms with Crippen molar-refractivity contribution in [3.8, 4) is 5.75 Å². The number of ether oxygens (including phenoxy) is 1. The van der Waals surface area contributed by atoms with Crippen LogP contribution in [0.1, 0.15) is 5.56 Å². The molecule has 0 radical (unpaired) electrons. The third-order valence-corrected chi connectivity index (χ3v) is 3.99. The number of nitrogens with one attached hydrogen (secondary N) is 2. The van der Waals surface area contributed by atoms with Crippen LogP contribution in [-0.4, -0.2) is 37.5 Å². The lowest BCUT2D eigenvalue weighted by Crippen LogP contribution is -2.28. The van der Waals surface area contributed by atoms with Gasteiger partial charge in [0, 0.05) is 42.4 Å². The summed E-state index contributed by atoms with van der Waals surface area (Å²) < 4.78 is 5.41. The number of amides is 3. The van der Waals surface area contributed by atoms with Crippen molar-refractivity contribution in [2.45, 2.75) is 6.54 Å². The first-order chi connectivity index (χ1) is 12.3. The molecule has 138 valence electrons. The number of benzene rings is 2. The largest absolute Gasteiger partial charge is 0.484 e. The molecule has 3 amide bonds. The molecule has 0 unspecified atom stereocenters. The third kappa shape index (κ3) is 6.13. The number of anilines is 1. The van der Waals surface area contributed by atoms with Crippen molar-refractivity contribution in [1.82, 2.24) is 10.2 Å². The van der Waals surface area contributed by atoms with E-state index in [2.05, 4.69) is 10.6 Å². The molecular weight excluding hydrogens is 377 g/mol. The average molecular weight is 396 g/mol. The van der Waals surface area contributed by atoms with Gasteiger partial charge < -0.3 is 20.3 Å². The molecule has 2 N–H and O–H groups in total. The predicted molar refractivity (Wildman–Crippen MR) is 103 cm³/mol. The maximum atomic E-state index is 12.0. The van der Waals surface area contributed by atoms with E-state index in [9.17, 15) is 9.59 Å². The van der Waals surface area contributed by atoms with Crippen molar-refractivity contribution in [3.63, 3.8) is 0 Å². The summed E-state index contributed by atoms with van der Waals surface area (Å²) in [5, 5.41) is 6.43. The number of urea groups is 1. The first-order valence-corrected chi connectivity index (χ1v) is 8.52. The lowest BCUT2D eigenvalue weighted by molar-refractivity contribution is -0.130. The number of likely N-dealkylation sites (N-methyl/N-ethyl adjacent to an activating group) is 1. The van der Waals surface area contributed by atoms with Crippen LogP contribution in [0.15, 0.2) is 42.5 Å². The van der Waals surface area contributed by atoms with Crippen LogP contribution >= 0.6 is 23.2 Å². The zero-order valence-corrected chi connectivity index (χ0v) is 15.9. The fraction of sp³-hybridized carbons (Fsp3) is 0.222. The summed E-state index contributed by atoms with van der Waals surface area (Å²) in [6.45, 7) is 0.188. The normalized spacial score (nSPS) is 10.2. The van der Waals surface area contributed by atoms with Crippen LogP contribution in [0.3, 0.4) is 0 Å². The fourth-order valence-electron chi connectivity index (χ4n) is 1.95. The van der Waals surface area contributed by atoms with E-state index in [-0.39, 0.29) is 19.1 Å². The SMILES string of the molecule is CN(C)C(=O)COc1cccc(NC(=O)NCc2ccc(Cl)cc2Cl)c1. The Labute approximate surface area is 162 Å². The number of hydrogen-bond acceptors (Lipinski definition) is 3. The van der Waals surface area contributed by atoms with E-state index >= 15 is 0 Å². The van der Waals surface area contributed by atoms with Gasteiger partial charge in [0.05, 0.1) is 0 Å². The Morgan fingerprint density at radius 1 is 1.12 bits per heavy atom. The number of halogens is 2. The molecule has 26 heavy (non-hydrogen) atoms. The van der Waals surface area contributed by atoms with Crippen LogP contribution in [0.5, 0.6) is 5.75 Å². The maximum absolute atomic E-state index is 12.0. The van der Waals surface area contributed by atoms with E-state index in [4.69, 9.17) is 27.9 Å². The third-order valence-electron chi connectivity index (χ3n) is 3.41. The molecule has 0 aliphatic heterocycles. The summed E-state index contributed by atoms with van der Waals surface area (Å²) in [6.07, 6.45) is 0. The zero-order valence-electron chi connectivity index (χ0n) is 14.4. The Morgan fingerprint density at radius 3 is 2.58 bits per heavy atom. The lowest BCUT2D eigenvalue weighted by Gasteiger charge is -2.12. The van der Waals surface area contributed by atoms with E-state index in [1.807, 2.05) is 0 Å². The van der Waals surface area contributed by atoms with Crippen LogP contribution in [-0.2, 0) is 11.3 Å². The van der Waals surface area contributed by atoms with Crippen molar-refractivity contribution in [2.24, 2.45) is 0 Å². The topological polar surface area (TPSA) is 70.7 Å². The summed E-state index contributed by atoms with van der Waals surface area (Å²) in [5.41, 5.74) is 1.30. The van der Waals surface area contributed by atoms with E-state index in [0.29, 0.717) is 21.5 Å². The molecule has 6 nitrogen and oxygen atoms in total. The molecule has 0 aliphatic rings. The highest BCUT2D eigenvalue weighted by atomic mass is 35.5. The van der Waals surface area contributed by atoms with Crippen LogP contribution in [0.25, 0.3) is 0 Å². The molecule has 0 atom stereocenters. The minimum Gasteiger partial charge on any atom is -0.484 e. The van der Waals surface area contributed by atoms with Gasteiger partial charge in [-0.2, -0.15) is 0 Å². The number of carbonyl (C=O) groups is 2. The van der Waals surface area contributed by atoms with Gasteiger partial charge in [0.2, 0.25) is 0 Å². The highest BCUT2D eigenvalue weighted by molar-refractivity contribution is 6.35. The number of hydrogen-bond donors (Lipinski definition) is 2. The smallest absolute Gasteiger partial charge is 0.319 e. The molecule has 2 aromatic rings. The molecule has 0 aliphatic carbocycles. The van der Waals surface area contributed by atoms with Crippen molar-refractivity contribution >= 4 is 40.8 Å². The second-order valence-electron chi connectivity index (χ2n) is 5.65. The van der Waals surface area contributed by atoms with Crippen LogP contribution in [0, 0.1) is 0 Å². The predicted octanol–water partition coefficient (Wildman–Crippen LogP) is 3.78. The van der Waals surface area contributed by atoms with Gasteiger partial charge in [0.15, 0.2) is 6.61 Å². The van der Waals surface area contributed by atoms with Gasteiger partial charge in [-0.25, -0.2) is 4.79 Å². The first kappa shape index (κ1) is 19.9. The van der Waals surface area contributed by atoms with Crippen LogP contribution in [0.2, 0.25) is 10.0 Å².